The third kappa shape index (κ3) is 4.41. The zero-order valence-electron chi connectivity index (χ0n) is 13.6. The number of aliphatic imine (C=N–C) groups is 1. The molecule has 3 rings (SSSR count). The molecular formula is C19H21BrN2OS. The van der Waals surface area contributed by atoms with Crippen molar-refractivity contribution in [1.29, 1.82) is 0 Å². The summed E-state index contributed by atoms with van der Waals surface area (Å²) in [6, 6.07) is 19.0. The van der Waals surface area contributed by atoms with Gasteiger partial charge in [0.2, 0.25) is 0 Å². The Kier molecular flexibility index (Phi) is 6.35. The predicted octanol–water partition coefficient (Wildman–Crippen LogP) is 4.29. The first kappa shape index (κ1) is 17.5. The number of rotatable bonds is 4. The maximum absolute atomic E-state index is 5.63. The minimum Gasteiger partial charge on any atom is -0.379 e. The lowest BCUT2D eigenvalue weighted by Gasteiger charge is -2.28. The van der Waals surface area contributed by atoms with Crippen molar-refractivity contribution in [1.82, 2.24) is 5.32 Å². The monoisotopic (exact) mass is 404 g/mol. The molecule has 126 valence electrons. The molecule has 1 aliphatic heterocycles. The smallest absolute Gasteiger partial charge is 0.112 e. The van der Waals surface area contributed by atoms with Gasteiger partial charge < -0.3 is 10.1 Å². The summed E-state index contributed by atoms with van der Waals surface area (Å²) in [6.07, 6.45) is 0. The average molecular weight is 405 g/mol. The number of halogens is 1. The van der Waals surface area contributed by atoms with E-state index < -0.39 is 0 Å². The molecule has 0 bridgehead atoms. The lowest BCUT2D eigenvalue weighted by Crippen LogP contribution is -2.40. The second kappa shape index (κ2) is 8.70. The zero-order valence-corrected chi connectivity index (χ0v) is 16.0. The molecule has 24 heavy (non-hydrogen) atoms. The van der Waals surface area contributed by atoms with Gasteiger partial charge in [-0.25, -0.2) is 0 Å². The van der Waals surface area contributed by atoms with Gasteiger partial charge in [0, 0.05) is 17.3 Å². The molecule has 5 heteroatoms. The Morgan fingerprint density at radius 1 is 1.21 bits per heavy atom. The standard InChI is InChI=1S/C19H21BrN2OS/c1-21-19(17-13-23-10-11-24-17)22-18(14-6-3-2-4-7-14)15-8-5-9-16(20)12-15/h2-9,12,17-18H,10-11,13H2,1H3,(H,21,22). The van der Waals surface area contributed by atoms with Crippen molar-refractivity contribution in [3.63, 3.8) is 0 Å². The molecule has 1 N–H and O–H groups in total. The third-order valence-corrected chi connectivity index (χ3v) is 5.63. The van der Waals surface area contributed by atoms with Gasteiger partial charge in [0.05, 0.1) is 24.5 Å². The van der Waals surface area contributed by atoms with Crippen LogP contribution < -0.4 is 5.32 Å². The van der Waals surface area contributed by atoms with Crippen molar-refractivity contribution in [3.8, 4) is 0 Å². The summed E-state index contributed by atoms with van der Waals surface area (Å²) in [5.74, 6) is 2.01. The molecule has 0 saturated carbocycles. The van der Waals surface area contributed by atoms with Crippen LogP contribution in [0, 0.1) is 0 Å². The van der Waals surface area contributed by atoms with Gasteiger partial charge in [-0.3, -0.25) is 4.99 Å². The number of hydrogen-bond donors (Lipinski definition) is 1. The number of benzene rings is 2. The van der Waals surface area contributed by atoms with Crippen molar-refractivity contribution in [2.24, 2.45) is 4.99 Å². The number of nitrogens with zero attached hydrogens (tertiary/aromatic N) is 1. The minimum atomic E-state index is 0.0601. The second-order valence-electron chi connectivity index (χ2n) is 5.59. The van der Waals surface area contributed by atoms with Crippen LogP contribution in [0.5, 0.6) is 0 Å². The molecule has 2 atom stereocenters. The highest BCUT2D eigenvalue weighted by atomic mass is 79.9. The molecule has 0 radical (unpaired) electrons. The first-order valence-corrected chi connectivity index (χ1v) is 9.85. The maximum Gasteiger partial charge on any atom is 0.112 e. The van der Waals surface area contributed by atoms with Crippen LogP contribution in [0.15, 0.2) is 64.1 Å². The molecule has 1 aliphatic rings. The number of nitrogens with one attached hydrogen (secondary N) is 1. The van der Waals surface area contributed by atoms with Crippen LogP contribution in [-0.2, 0) is 4.74 Å². The summed E-state index contributed by atoms with van der Waals surface area (Å²) in [7, 11) is 1.85. The van der Waals surface area contributed by atoms with Crippen LogP contribution in [0.25, 0.3) is 0 Å². The summed E-state index contributed by atoms with van der Waals surface area (Å²) < 4.78 is 6.70. The Hall–Kier alpha value is -1.30. The quantitative estimate of drug-likeness (QED) is 0.609. The summed E-state index contributed by atoms with van der Waals surface area (Å²) >= 11 is 5.48. The van der Waals surface area contributed by atoms with Gasteiger partial charge in [-0.15, -0.1) is 11.8 Å². The molecule has 1 heterocycles. The van der Waals surface area contributed by atoms with E-state index in [2.05, 4.69) is 68.7 Å². The van der Waals surface area contributed by atoms with Gasteiger partial charge in [0.25, 0.3) is 0 Å². The first-order valence-electron chi connectivity index (χ1n) is 8.01. The number of thioether (sulfide) groups is 1. The zero-order chi connectivity index (χ0) is 16.8. The summed E-state index contributed by atoms with van der Waals surface area (Å²) in [5.41, 5.74) is 2.43. The van der Waals surface area contributed by atoms with Crippen LogP contribution in [0.2, 0.25) is 0 Å². The molecule has 0 aliphatic carbocycles. The minimum absolute atomic E-state index is 0.0601. The molecule has 1 fully saturated rings. The number of ether oxygens (including phenoxy) is 1. The fraction of sp³-hybridized carbons (Fsp3) is 0.316. The van der Waals surface area contributed by atoms with Crippen LogP contribution in [0.4, 0.5) is 0 Å². The van der Waals surface area contributed by atoms with Crippen molar-refractivity contribution >= 4 is 33.5 Å². The van der Waals surface area contributed by atoms with Gasteiger partial charge in [0.1, 0.15) is 5.84 Å². The lowest BCUT2D eigenvalue weighted by atomic mass is 9.98. The molecule has 0 amide bonds. The summed E-state index contributed by atoms with van der Waals surface area (Å²) in [4.78, 5) is 4.52. The van der Waals surface area contributed by atoms with Gasteiger partial charge >= 0.3 is 0 Å². The Labute approximate surface area is 156 Å². The maximum atomic E-state index is 5.63. The molecule has 2 aromatic rings. The molecule has 1 saturated heterocycles. The van der Waals surface area contributed by atoms with Crippen molar-refractivity contribution in [2.45, 2.75) is 11.3 Å². The van der Waals surface area contributed by atoms with E-state index in [1.165, 1.54) is 11.1 Å². The highest BCUT2D eigenvalue weighted by Gasteiger charge is 2.24. The van der Waals surface area contributed by atoms with E-state index in [1.807, 2.05) is 30.9 Å². The normalized spacial score (nSPS) is 19.8. The van der Waals surface area contributed by atoms with Crippen molar-refractivity contribution < 1.29 is 4.74 Å². The topological polar surface area (TPSA) is 33.6 Å². The molecule has 0 aromatic heterocycles. The first-order chi connectivity index (χ1) is 11.8. The second-order valence-corrected chi connectivity index (χ2v) is 7.81. The van der Waals surface area contributed by atoms with Crippen LogP contribution in [-0.4, -0.2) is 37.1 Å². The predicted molar refractivity (Wildman–Crippen MR) is 106 cm³/mol. The van der Waals surface area contributed by atoms with Gasteiger partial charge in [-0.1, -0.05) is 58.4 Å². The van der Waals surface area contributed by atoms with Gasteiger partial charge in [-0.2, -0.15) is 0 Å². The molecular weight excluding hydrogens is 384 g/mol. The summed E-state index contributed by atoms with van der Waals surface area (Å²) in [6.45, 7) is 1.54. The number of hydrogen-bond acceptors (Lipinski definition) is 3. The summed E-state index contributed by atoms with van der Waals surface area (Å²) in [5, 5.41) is 3.93. The van der Waals surface area contributed by atoms with Crippen molar-refractivity contribution in [3.05, 3.63) is 70.2 Å². The van der Waals surface area contributed by atoms with Gasteiger partial charge in [0.15, 0.2) is 0 Å². The van der Waals surface area contributed by atoms with Crippen LogP contribution in [0.1, 0.15) is 17.2 Å². The van der Waals surface area contributed by atoms with E-state index in [0.29, 0.717) is 6.61 Å². The highest BCUT2D eigenvalue weighted by Crippen LogP contribution is 2.26. The van der Waals surface area contributed by atoms with Gasteiger partial charge in [-0.05, 0) is 23.3 Å². The van der Waals surface area contributed by atoms with Crippen LogP contribution >= 0.6 is 27.7 Å². The fourth-order valence-corrected chi connectivity index (χ4v) is 4.23. The molecule has 0 spiro atoms. The van der Waals surface area contributed by atoms with E-state index >= 15 is 0 Å². The van der Waals surface area contributed by atoms with E-state index in [0.717, 1.165) is 22.7 Å². The Morgan fingerprint density at radius 2 is 2.00 bits per heavy atom. The van der Waals surface area contributed by atoms with E-state index in [1.54, 1.807) is 0 Å². The van der Waals surface area contributed by atoms with Crippen LogP contribution in [0.3, 0.4) is 0 Å². The van der Waals surface area contributed by atoms with E-state index in [9.17, 15) is 0 Å². The Balaban J connectivity index is 1.89. The SMILES string of the molecule is CN=C(NC(c1ccccc1)c1cccc(Br)c1)C1COCCS1. The molecule has 2 unspecified atom stereocenters. The van der Waals surface area contributed by atoms with E-state index in [4.69, 9.17) is 4.74 Å². The number of amidine groups is 1. The largest absolute Gasteiger partial charge is 0.379 e. The average Bonchev–Trinajstić information content (AvgIpc) is 2.64. The Morgan fingerprint density at radius 3 is 2.67 bits per heavy atom. The molecule has 2 aromatic carbocycles. The van der Waals surface area contributed by atoms with E-state index in [-0.39, 0.29) is 11.3 Å². The highest BCUT2D eigenvalue weighted by molar-refractivity contribution is 9.10. The fourth-order valence-electron chi connectivity index (χ4n) is 2.79. The molecule has 3 nitrogen and oxygen atoms in total. The lowest BCUT2D eigenvalue weighted by molar-refractivity contribution is 0.152. The third-order valence-electron chi connectivity index (χ3n) is 3.97. The Bertz CT molecular complexity index is 687. The van der Waals surface area contributed by atoms with Crippen molar-refractivity contribution in [2.75, 3.05) is 26.0 Å².